The van der Waals surface area contributed by atoms with Crippen molar-refractivity contribution in [3.8, 4) is 0 Å². The highest BCUT2D eigenvalue weighted by atomic mass is 35.5. The van der Waals surface area contributed by atoms with Gasteiger partial charge < -0.3 is 25.8 Å². The third-order valence-corrected chi connectivity index (χ3v) is 8.01. The molecule has 1 aliphatic carbocycles. The van der Waals surface area contributed by atoms with E-state index in [1.807, 2.05) is 0 Å². The Morgan fingerprint density at radius 3 is 2.49 bits per heavy atom. The summed E-state index contributed by atoms with van der Waals surface area (Å²) in [6.07, 6.45) is 4.48. The van der Waals surface area contributed by atoms with E-state index >= 15 is 0 Å². The molecule has 1 aromatic carbocycles. The first-order valence-corrected chi connectivity index (χ1v) is 14.3. The minimum atomic E-state index is -4.94. The quantitative estimate of drug-likeness (QED) is 0.256. The van der Waals surface area contributed by atoms with Gasteiger partial charge in [0, 0.05) is 17.5 Å². The van der Waals surface area contributed by atoms with E-state index in [1.54, 1.807) is 24.3 Å². The first kappa shape index (κ1) is 29.2. The van der Waals surface area contributed by atoms with Crippen molar-refractivity contribution in [2.45, 2.75) is 75.5 Å². The highest BCUT2D eigenvalue weighted by molar-refractivity contribution is 7.86. The second kappa shape index (κ2) is 13.4. The molecule has 1 saturated carbocycles. The Kier molecular flexibility index (Phi) is 10.6. The fourth-order valence-electron chi connectivity index (χ4n) is 4.86. The van der Waals surface area contributed by atoms with Crippen LogP contribution >= 0.6 is 11.6 Å². The number of benzene rings is 1. The minimum absolute atomic E-state index is 0.0783. The molecule has 11 nitrogen and oxygen atoms in total. The molecule has 4 atom stereocenters. The summed E-state index contributed by atoms with van der Waals surface area (Å²) in [6, 6.07) is 4.22. The molecule has 3 amide bonds. The van der Waals surface area contributed by atoms with Gasteiger partial charge in [-0.15, -0.1) is 0 Å². The van der Waals surface area contributed by atoms with E-state index in [2.05, 4.69) is 16.0 Å². The Hall–Kier alpha value is -2.41. The lowest BCUT2D eigenvalue weighted by Crippen LogP contribution is -2.55. The largest absolute Gasteiger partial charge is 0.445 e. The van der Waals surface area contributed by atoms with Gasteiger partial charge in [0.15, 0.2) is 0 Å². The van der Waals surface area contributed by atoms with Gasteiger partial charge in [0.25, 0.3) is 10.1 Å². The summed E-state index contributed by atoms with van der Waals surface area (Å²) >= 11 is 5.96. The normalized spacial score (nSPS) is 20.9. The summed E-state index contributed by atoms with van der Waals surface area (Å²) in [6.45, 7) is 0.307. The fraction of sp³-hybridized carbons (Fsp3) is 0.625. The number of carbonyl (C=O) groups is 3. The van der Waals surface area contributed by atoms with Gasteiger partial charge in [-0.3, -0.25) is 14.1 Å². The molecule has 1 aliphatic heterocycles. The van der Waals surface area contributed by atoms with Crippen LogP contribution in [0, 0.1) is 11.8 Å². The molecule has 0 aromatic heterocycles. The average Bonchev–Trinajstić information content (AvgIpc) is 3.25. The Labute approximate surface area is 221 Å². The smallest absolute Gasteiger partial charge is 0.408 e. The maximum atomic E-state index is 13.3. The van der Waals surface area contributed by atoms with Gasteiger partial charge in [-0.05, 0) is 42.9 Å². The topological polar surface area (TPSA) is 171 Å². The van der Waals surface area contributed by atoms with Crippen molar-refractivity contribution >= 4 is 39.6 Å². The highest BCUT2D eigenvalue weighted by Crippen LogP contribution is 2.28. The molecule has 5 N–H and O–H groups in total. The Balaban J connectivity index is 1.71. The molecule has 0 bridgehead atoms. The molecule has 3 unspecified atom stereocenters. The molecule has 2 fully saturated rings. The van der Waals surface area contributed by atoms with Crippen LogP contribution in [0.2, 0.25) is 5.02 Å². The SMILES string of the molecule is O=C(NC(CC1CCCCC1)C(=O)NC(C[C@@H]1CCNC1=O)C(O)S(=O)(=O)O)OCc1cccc(Cl)c1. The predicted molar refractivity (Wildman–Crippen MR) is 135 cm³/mol. The lowest BCUT2D eigenvalue weighted by molar-refractivity contribution is -0.126. The molecule has 1 saturated heterocycles. The first-order valence-electron chi connectivity index (χ1n) is 12.4. The average molecular weight is 560 g/mol. The summed E-state index contributed by atoms with van der Waals surface area (Å²) in [5, 5.41) is 18.4. The maximum Gasteiger partial charge on any atom is 0.408 e. The number of ether oxygens (including phenoxy) is 1. The molecule has 2 aliphatic rings. The Morgan fingerprint density at radius 1 is 1.14 bits per heavy atom. The zero-order valence-electron chi connectivity index (χ0n) is 20.4. The number of carbonyl (C=O) groups excluding carboxylic acids is 3. The van der Waals surface area contributed by atoms with E-state index in [0.717, 1.165) is 32.1 Å². The monoisotopic (exact) mass is 559 g/mol. The summed E-state index contributed by atoms with van der Waals surface area (Å²) in [7, 11) is -4.94. The molecule has 0 spiro atoms. The van der Waals surface area contributed by atoms with Gasteiger partial charge in [-0.2, -0.15) is 8.42 Å². The number of aliphatic hydroxyl groups is 1. The standard InChI is InChI=1S/C24H34ClN3O8S/c25-18-8-4-7-16(11-18)14-36-24(32)28-19(12-15-5-2-1-3-6-15)22(30)27-20(23(31)37(33,34)35)13-17-9-10-26-21(17)29/h4,7-8,11,15,17,19-20,23,31H,1-3,5-6,9-10,12-14H2,(H,26,29)(H,27,30)(H,28,32)(H,33,34,35)/t17-,19?,20?,23?/m0/s1. The van der Waals surface area contributed by atoms with Gasteiger partial charge in [0.1, 0.15) is 12.6 Å². The van der Waals surface area contributed by atoms with E-state index in [9.17, 15) is 32.5 Å². The van der Waals surface area contributed by atoms with Gasteiger partial charge in [-0.25, -0.2) is 4.79 Å². The summed E-state index contributed by atoms with van der Waals surface area (Å²) in [4.78, 5) is 37.9. The third-order valence-electron chi connectivity index (χ3n) is 6.84. The van der Waals surface area contributed by atoms with Crippen LogP contribution in [0.15, 0.2) is 24.3 Å². The molecule has 0 radical (unpaired) electrons. The molecular formula is C24H34ClN3O8S. The van der Waals surface area contributed by atoms with Gasteiger partial charge >= 0.3 is 6.09 Å². The van der Waals surface area contributed by atoms with Crippen molar-refractivity contribution in [2.75, 3.05) is 6.54 Å². The Morgan fingerprint density at radius 2 is 1.86 bits per heavy atom. The van der Waals surface area contributed by atoms with Crippen molar-refractivity contribution in [3.63, 3.8) is 0 Å². The van der Waals surface area contributed by atoms with Crippen LogP contribution in [0.3, 0.4) is 0 Å². The third kappa shape index (κ3) is 9.13. The molecule has 13 heteroatoms. The number of rotatable bonds is 11. The van der Waals surface area contributed by atoms with Crippen molar-refractivity contribution in [3.05, 3.63) is 34.9 Å². The zero-order valence-corrected chi connectivity index (χ0v) is 22.0. The van der Waals surface area contributed by atoms with E-state index < -0.39 is 45.6 Å². The summed E-state index contributed by atoms with van der Waals surface area (Å²) in [5.74, 6) is -1.56. The number of alkyl carbamates (subject to hydrolysis) is 1. The van der Waals surface area contributed by atoms with Gasteiger partial charge in [-0.1, -0.05) is 55.8 Å². The molecule has 37 heavy (non-hydrogen) atoms. The van der Waals surface area contributed by atoms with Gasteiger partial charge in [0.05, 0.1) is 6.04 Å². The summed E-state index contributed by atoms with van der Waals surface area (Å²) in [5.41, 5.74) is -1.68. The van der Waals surface area contributed by atoms with Crippen molar-refractivity contribution in [1.29, 1.82) is 0 Å². The van der Waals surface area contributed by atoms with Crippen LogP contribution in [-0.2, 0) is 31.1 Å². The zero-order chi connectivity index (χ0) is 27.0. The van der Waals surface area contributed by atoms with Crippen LogP contribution in [0.1, 0.15) is 56.9 Å². The molecule has 1 heterocycles. The Bertz CT molecular complexity index is 1060. The van der Waals surface area contributed by atoms with Crippen LogP contribution < -0.4 is 16.0 Å². The first-order chi connectivity index (χ1) is 17.5. The number of amides is 3. The van der Waals surface area contributed by atoms with Crippen LogP contribution in [0.5, 0.6) is 0 Å². The number of nitrogens with one attached hydrogen (secondary N) is 3. The number of hydrogen-bond acceptors (Lipinski definition) is 7. The van der Waals surface area contributed by atoms with E-state index in [-0.39, 0.29) is 31.3 Å². The van der Waals surface area contributed by atoms with Gasteiger partial charge in [0.2, 0.25) is 17.3 Å². The fourth-order valence-corrected chi connectivity index (χ4v) is 5.67. The number of halogens is 1. The lowest BCUT2D eigenvalue weighted by Gasteiger charge is -2.29. The second-order valence-electron chi connectivity index (χ2n) is 9.68. The highest BCUT2D eigenvalue weighted by Gasteiger charge is 2.38. The predicted octanol–water partition coefficient (Wildman–Crippen LogP) is 2.12. The van der Waals surface area contributed by atoms with Crippen LogP contribution in [0.4, 0.5) is 4.79 Å². The molecule has 206 valence electrons. The lowest BCUT2D eigenvalue weighted by atomic mass is 9.84. The molecule has 3 rings (SSSR count). The van der Waals surface area contributed by atoms with Crippen molar-refractivity contribution in [2.24, 2.45) is 11.8 Å². The molecule has 1 aromatic rings. The number of hydrogen-bond donors (Lipinski definition) is 5. The molecular weight excluding hydrogens is 526 g/mol. The van der Waals surface area contributed by atoms with Crippen LogP contribution in [-0.4, -0.2) is 60.0 Å². The minimum Gasteiger partial charge on any atom is -0.445 e. The number of aliphatic hydroxyl groups excluding tert-OH is 1. The van der Waals surface area contributed by atoms with E-state index in [1.165, 1.54) is 0 Å². The van der Waals surface area contributed by atoms with E-state index in [0.29, 0.717) is 23.6 Å². The summed E-state index contributed by atoms with van der Waals surface area (Å²) < 4.78 is 38.0. The van der Waals surface area contributed by atoms with E-state index in [4.69, 9.17) is 16.3 Å². The van der Waals surface area contributed by atoms with Crippen molar-refractivity contribution < 1.29 is 37.2 Å². The second-order valence-corrected chi connectivity index (χ2v) is 11.6. The van der Waals surface area contributed by atoms with Crippen LogP contribution in [0.25, 0.3) is 0 Å². The maximum absolute atomic E-state index is 13.3. The van der Waals surface area contributed by atoms with Crippen molar-refractivity contribution in [1.82, 2.24) is 16.0 Å².